The number of benzene rings is 1. The smallest absolute Gasteiger partial charge is 0.330 e. The maximum Gasteiger partial charge on any atom is 0.330 e. The van der Waals surface area contributed by atoms with E-state index in [4.69, 9.17) is 9.72 Å². The zero-order chi connectivity index (χ0) is 32.8. The van der Waals surface area contributed by atoms with E-state index >= 15 is 0 Å². The number of amides is 2. The monoisotopic (exact) mass is 633 g/mol. The van der Waals surface area contributed by atoms with Gasteiger partial charge in [-0.3, -0.25) is 19.3 Å². The van der Waals surface area contributed by atoms with Gasteiger partial charge in [-0.05, 0) is 64.5 Å². The number of aliphatic carboxylic acids is 1. The number of carboxylic acid groups (broad SMARTS) is 1. The average molecular weight is 634 g/mol. The molecule has 2 saturated heterocycles. The van der Waals surface area contributed by atoms with E-state index in [-0.39, 0.29) is 30.1 Å². The van der Waals surface area contributed by atoms with Gasteiger partial charge in [-0.15, -0.1) is 0 Å². The van der Waals surface area contributed by atoms with Gasteiger partial charge in [0.2, 0.25) is 11.8 Å². The molecule has 2 aromatic rings. The van der Waals surface area contributed by atoms with Gasteiger partial charge in [-0.1, -0.05) is 37.1 Å². The molecule has 0 spiro atoms. The van der Waals surface area contributed by atoms with Crippen molar-refractivity contribution in [3.8, 4) is 0 Å². The summed E-state index contributed by atoms with van der Waals surface area (Å²) in [5, 5.41) is 13.1. The molecule has 1 saturated carbocycles. The Balaban J connectivity index is 1.27. The second-order valence-corrected chi connectivity index (χ2v) is 14.8. The normalized spacial score (nSPS) is 31.3. The van der Waals surface area contributed by atoms with Crippen molar-refractivity contribution in [2.24, 2.45) is 30.7 Å². The lowest BCUT2D eigenvalue weighted by molar-refractivity contribution is -0.159. The molecule has 4 heterocycles. The fraction of sp³-hybridized carbons (Fsp3) is 0.629. The molecule has 0 radical (unpaired) electrons. The largest absolute Gasteiger partial charge is 0.479 e. The number of aryl methyl sites for hydroxylation is 1. The number of carboxylic acids is 1. The minimum Gasteiger partial charge on any atom is -0.479 e. The summed E-state index contributed by atoms with van der Waals surface area (Å²) in [6, 6.07) is 7.18. The van der Waals surface area contributed by atoms with Crippen LogP contribution in [-0.4, -0.2) is 85.0 Å². The van der Waals surface area contributed by atoms with E-state index in [0.717, 1.165) is 42.5 Å². The molecular formula is C35H47N5O6. The highest BCUT2D eigenvalue weighted by molar-refractivity contribution is 5.96. The van der Waals surface area contributed by atoms with Crippen LogP contribution in [0, 0.1) is 23.7 Å². The number of rotatable bonds is 5. The predicted molar refractivity (Wildman–Crippen MR) is 171 cm³/mol. The third-order valence-electron chi connectivity index (χ3n) is 10.3. The highest BCUT2D eigenvalue weighted by atomic mass is 16.6. The second kappa shape index (κ2) is 12.5. The van der Waals surface area contributed by atoms with Crippen molar-refractivity contribution in [2.75, 3.05) is 19.6 Å². The number of fused-ring (bicyclic) bond motifs is 5. The molecule has 1 aromatic heterocycles. The van der Waals surface area contributed by atoms with Crippen LogP contribution >= 0.6 is 0 Å². The van der Waals surface area contributed by atoms with E-state index in [1.54, 1.807) is 4.90 Å². The summed E-state index contributed by atoms with van der Waals surface area (Å²) in [6.07, 6.45) is 8.12. The number of nitrogens with one attached hydrogen (secondary N) is 1. The van der Waals surface area contributed by atoms with Gasteiger partial charge in [0, 0.05) is 44.4 Å². The summed E-state index contributed by atoms with van der Waals surface area (Å²) < 4.78 is 7.70. The Hall–Kier alpha value is -3.73. The number of hydrogen-bond acceptors (Lipinski definition) is 7. The Morgan fingerprint density at radius 3 is 2.63 bits per heavy atom. The van der Waals surface area contributed by atoms with Crippen LogP contribution in [0.5, 0.6) is 0 Å². The molecule has 6 rings (SSSR count). The van der Waals surface area contributed by atoms with Gasteiger partial charge in [-0.2, -0.15) is 0 Å². The maximum absolute atomic E-state index is 14.3. The molecule has 248 valence electrons. The second-order valence-electron chi connectivity index (χ2n) is 14.8. The molecule has 0 bridgehead atoms. The van der Waals surface area contributed by atoms with E-state index in [1.165, 1.54) is 0 Å². The van der Waals surface area contributed by atoms with Crippen LogP contribution in [-0.2, 0) is 37.5 Å². The maximum atomic E-state index is 14.3. The van der Waals surface area contributed by atoms with Crippen LogP contribution in [0.25, 0.3) is 11.0 Å². The number of hydrogen-bond donors (Lipinski definition) is 2. The van der Waals surface area contributed by atoms with Gasteiger partial charge < -0.3 is 24.6 Å². The fourth-order valence-corrected chi connectivity index (χ4v) is 7.84. The van der Waals surface area contributed by atoms with Crippen molar-refractivity contribution in [3.63, 3.8) is 0 Å². The summed E-state index contributed by atoms with van der Waals surface area (Å²) in [6.45, 7) is 7.68. The molecule has 3 fully saturated rings. The Morgan fingerprint density at radius 1 is 1.11 bits per heavy atom. The summed E-state index contributed by atoms with van der Waals surface area (Å²) >= 11 is 0. The number of allylic oxidation sites excluding steroid dienone is 1. The van der Waals surface area contributed by atoms with Gasteiger partial charge in [0.15, 0.2) is 0 Å². The molecule has 2 amide bonds. The van der Waals surface area contributed by atoms with E-state index in [1.807, 2.05) is 64.2 Å². The summed E-state index contributed by atoms with van der Waals surface area (Å²) in [7, 11) is 2.01. The van der Waals surface area contributed by atoms with Crippen molar-refractivity contribution in [1.29, 1.82) is 0 Å². The molecule has 0 unspecified atom stereocenters. The van der Waals surface area contributed by atoms with Crippen LogP contribution < -0.4 is 5.32 Å². The minimum absolute atomic E-state index is 0.0334. The number of nitrogens with zero attached hydrogens (tertiary/aromatic N) is 4. The topological polar surface area (TPSA) is 134 Å². The first kappa shape index (κ1) is 32.2. The molecule has 2 N–H and O–H groups in total. The summed E-state index contributed by atoms with van der Waals surface area (Å²) in [5.74, 6) is -2.21. The van der Waals surface area contributed by atoms with E-state index in [2.05, 4.69) is 14.8 Å². The van der Waals surface area contributed by atoms with Crippen molar-refractivity contribution < 1.29 is 29.0 Å². The van der Waals surface area contributed by atoms with Crippen LogP contribution in [0.3, 0.4) is 0 Å². The van der Waals surface area contributed by atoms with Gasteiger partial charge in [0.1, 0.15) is 23.0 Å². The molecular weight excluding hydrogens is 586 g/mol. The average Bonchev–Trinajstić information content (AvgIpc) is 3.20. The first-order valence-corrected chi connectivity index (χ1v) is 16.7. The third kappa shape index (κ3) is 6.43. The molecule has 4 aliphatic rings. The number of carbonyl (C=O) groups excluding carboxylic acids is 3. The first-order chi connectivity index (χ1) is 21.9. The quantitative estimate of drug-likeness (QED) is 0.377. The van der Waals surface area contributed by atoms with Crippen molar-refractivity contribution in [2.45, 2.75) is 89.4 Å². The van der Waals surface area contributed by atoms with Gasteiger partial charge in [0.25, 0.3) is 0 Å². The Kier molecular flexibility index (Phi) is 8.73. The van der Waals surface area contributed by atoms with Gasteiger partial charge in [0.05, 0.1) is 24.0 Å². The lowest BCUT2D eigenvalue weighted by Gasteiger charge is -2.32. The highest BCUT2D eigenvalue weighted by Crippen LogP contribution is 2.46. The van der Waals surface area contributed by atoms with Crippen molar-refractivity contribution in [3.05, 3.63) is 42.2 Å². The van der Waals surface area contributed by atoms with E-state index in [9.17, 15) is 24.3 Å². The number of imidazole rings is 1. The van der Waals surface area contributed by atoms with E-state index < -0.39 is 40.9 Å². The summed E-state index contributed by atoms with van der Waals surface area (Å²) in [4.78, 5) is 62.8. The highest BCUT2D eigenvalue weighted by Gasteiger charge is 2.62. The molecule has 1 aliphatic carbocycles. The van der Waals surface area contributed by atoms with Crippen LogP contribution in [0.2, 0.25) is 0 Å². The first-order valence-electron chi connectivity index (χ1n) is 16.7. The molecule has 11 heteroatoms. The number of likely N-dealkylation sites (tertiary alicyclic amines) is 1. The molecule has 6 atom stereocenters. The summed E-state index contributed by atoms with van der Waals surface area (Å²) in [5.41, 5.74) is -0.0475. The molecule has 3 aliphatic heterocycles. The Morgan fingerprint density at radius 2 is 1.89 bits per heavy atom. The van der Waals surface area contributed by atoms with Crippen molar-refractivity contribution in [1.82, 2.24) is 24.7 Å². The fourth-order valence-electron chi connectivity index (χ4n) is 7.84. The number of para-hydroxylation sites is 2. The van der Waals surface area contributed by atoms with Crippen LogP contribution in [0.4, 0.5) is 0 Å². The van der Waals surface area contributed by atoms with Gasteiger partial charge in [-0.25, -0.2) is 9.78 Å². The number of ether oxygens (including phenoxy) is 1. The molecule has 46 heavy (non-hydrogen) atoms. The zero-order valence-corrected chi connectivity index (χ0v) is 27.4. The van der Waals surface area contributed by atoms with E-state index in [0.29, 0.717) is 39.0 Å². The SMILES string of the molecule is Cn1c(CN2C[C@H]3CN4C(=O)[C@H](CC(=O)OC(C)(C)C)CCCCC/C=C\[C@@H]5C[C@@]5(C(=O)O)NC(=O)[C@@H]4[C@H]3C2)nc2ccccc21. The predicted octanol–water partition coefficient (Wildman–Crippen LogP) is 3.66. The lowest BCUT2D eigenvalue weighted by Crippen LogP contribution is -2.56. The zero-order valence-electron chi connectivity index (χ0n) is 27.4. The third-order valence-corrected chi connectivity index (χ3v) is 10.3. The molecule has 11 nitrogen and oxygen atoms in total. The Labute approximate surface area is 270 Å². The van der Waals surface area contributed by atoms with Crippen LogP contribution in [0.15, 0.2) is 36.4 Å². The number of carbonyl (C=O) groups is 4. The number of aromatic nitrogens is 2. The minimum atomic E-state index is -1.36. The van der Waals surface area contributed by atoms with Crippen LogP contribution in [0.1, 0.15) is 71.5 Å². The molecule has 1 aromatic carbocycles. The van der Waals surface area contributed by atoms with Crippen molar-refractivity contribution >= 4 is 34.8 Å². The Bertz CT molecular complexity index is 1540. The lowest BCUT2D eigenvalue weighted by atomic mass is 9.92. The van der Waals surface area contributed by atoms with Gasteiger partial charge >= 0.3 is 11.9 Å². The number of esters is 1. The standard InChI is InChI=1S/C35H47N5O6/c1-34(2,3)46-29(41)16-22-12-8-6-5-7-9-13-24-17-35(24,33(44)45)37-31(42)30-25-20-39(18-23(25)19-40(30)32(22)43)21-28-36-26-14-10-11-15-27(26)38(28)4/h9-11,13-15,22-25,30H,5-8,12,16-21H2,1-4H3,(H,37,42)(H,44,45)/b13-9-/t22-,23-,24+,25-,30-,35+/m0/s1.